The van der Waals surface area contributed by atoms with Crippen LogP contribution in [0.1, 0.15) is 18.1 Å². The van der Waals surface area contributed by atoms with Crippen molar-refractivity contribution in [3.63, 3.8) is 0 Å². The Labute approximate surface area is 84.2 Å². The smallest absolute Gasteiger partial charge is 0.0550 e. The Bertz CT molecular complexity index is 263. The van der Waals surface area contributed by atoms with E-state index in [0.29, 0.717) is 0 Å². The molecule has 0 amide bonds. The minimum absolute atomic E-state index is 0.235. The summed E-state index contributed by atoms with van der Waals surface area (Å²) in [6.07, 6.45) is 0. The fourth-order valence-corrected chi connectivity index (χ4v) is 2.21. The molecule has 1 nitrogen and oxygen atoms in total. The van der Waals surface area contributed by atoms with Crippen molar-refractivity contribution in [1.82, 2.24) is 0 Å². The van der Waals surface area contributed by atoms with Crippen LogP contribution in [0.15, 0.2) is 23.1 Å². The lowest BCUT2D eigenvalue weighted by atomic mass is 10.2. The molecule has 72 valence electrons. The van der Waals surface area contributed by atoms with Gasteiger partial charge in [0.05, 0.1) is 6.61 Å². The molecular weight excluding hydrogens is 180 g/mol. The van der Waals surface area contributed by atoms with Crippen molar-refractivity contribution < 1.29 is 5.11 Å². The van der Waals surface area contributed by atoms with E-state index in [0.717, 1.165) is 0 Å². The van der Waals surface area contributed by atoms with E-state index in [1.807, 2.05) is 6.92 Å². The second-order valence-corrected chi connectivity index (χ2v) is 4.78. The van der Waals surface area contributed by atoms with Gasteiger partial charge in [0.25, 0.3) is 0 Å². The molecule has 1 unspecified atom stereocenters. The molecule has 0 fully saturated rings. The minimum Gasteiger partial charge on any atom is -0.395 e. The van der Waals surface area contributed by atoms with Crippen LogP contribution >= 0.6 is 11.8 Å². The Kier molecular flexibility index (Phi) is 3.82. The molecule has 0 saturated carbocycles. The first-order valence-electron chi connectivity index (χ1n) is 4.49. The summed E-state index contributed by atoms with van der Waals surface area (Å²) in [5.74, 6) is 0. The van der Waals surface area contributed by atoms with E-state index in [-0.39, 0.29) is 11.9 Å². The summed E-state index contributed by atoms with van der Waals surface area (Å²) >= 11 is 1.75. The molecule has 0 saturated heterocycles. The molecule has 0 heterocycles. The number of rotatable bonds is 3. The number of aliphatic hydroxyl groups is 1. The Morgan fingerprint density at radius 1 is 1.31 bits per heavy atom. The normalized spacial score (nSPS) is 12.9. The van der Waals surface area contributed by atoms with Crippen LogP contribution in [0.4, 0.5) is 0 Å². The Balaban J connectivity index is 2.87. The van der Waals surface area contributed by atoms with Gasteiger partial charge in [-0.1, -0.05) is 25.1 Å². The van der Waals surface area contributed by atoms with Gasteiger partial charge >= 0.3 is 0 Å². The zero-order valence-electron chi connectivity index (χ0n) is 8.37. The van der Waals surface area contributed by atoms with Crippen LogP contribution in [-0.4, -0.2) is 17.0 Å². The van der Waals surface area contributed by atoms with Gasteiger partial charge < -0.3 is 5.11 Å². The highest BCUT2D eigenvalue weighted by Crippen LogP contribution is 2.29. The molecule has 0 radical (unpaired) electrons. The Hall–Kier alpha value is -0.470. The lowest BCUT2D eigenvalue weighted by Crippen LogP contribution is -2.02. The molecule has 0 bridgehead atoms. The molecule has 0 aliphatic carbocycles. The molecule has 1 aromatic rings. The fourth-order valence-electron chi connectivity index (χ4n) is 1.22. The summed E-state index contributed by atoms with van der Waals surface area (Å²) < 4.78 is 0. The molecule has 1 atom stereocenters. The summed E-state index contributed by atoms with van der Waals surface area (Å²) in [6, 6.07) is 6.29. The van der Waals surface area contributed by atoms with Gasteiger partial charge in [-0.15, -0.1) is 11.8 Å². The topological polar surface area (TPSA) is 20.2 Å². The van der Waals surface area contributed by atoms with Crippen molar-refractivity contribution in [2.45, 2.75) is 30.9 Å². The van der Waals surface area contributed by atoms with Gasteiger partial charge in [0.1, 0.15) is 0 Å². The van der Waals surface area contributed by atoms with Gasteiger partial charge in [-0.3, -0.25) is 0 Å². The van der Waals surface area contributed by atoms with Crippen LogP contribution in [0.2, 0.25) is 0 Å². The molecule has 2 heteroatoms. The highest BCUT2D eigenvalue weighted by Gasteiger charge is 2.07. The maximum Gasteiger partial charge on any atom is 0.0550 e. The molecule has 0 aromatic heterocycles. The summed E-state index contributed by atoms with van der Waals surface area (Å²) in [7, 11) is 0. The second-order valence-electron chi connectivity index (χ2n) is 3.33. The summed E-state index contributed by atoms with van der Waals surface area (Å²) in [4.78, 5) is 1.31. The first kappa shape index (κ1) is 10.6. The number of hydrogen-bond donors (Lipinski definition) is 1. The Morgan fingerprint density at radius 3 is 2.31 bits per heavy atom. The predicted octanol–water partition coefficient (Wildman–Crippen LogP) is 2.78. The molecule has 1 rings (SSSR count). The van der Waals surface area contributed by atoms with Crippen LogP contribution in [0.3, 0.4) is 0 Å². The van der Waals surface area contributed by atoms with Crippen molar-refractivity contribution in [1.29, 1.82) is 0 Å². The Morgan fingerprint density at radius 2 is 1.85 bits per heavy atom. The van der Waals surface area contributed by atoms with Crippen molar-refractivity contribution in [3.8, 4) is 0 Å². The third kappa shape index (κ3) is 2.75. The van der Waals surface area contributed by atoms with Crippen LogP contribution in [0, 0.1) is 13.8 Å². The third-order valence-corrected chi connectivity index (χ3v) is 3.42. The van der Waals surface area contributed by atoms with Gasteiger partial charge in [-0.25, -0.2) is 0 Å². The average molecular weight is 196 g/mol. The summed E-state index contributed by atoms with van der Waals surface area (Å²) in [6.45, 7) is 6.49. The maximum absolute atomic E-state index is 8.96. The number of benzene rings is 1. The molecule has 1 N–H and O–H groups in total. The van der Waals surface area contributed by atoms with E-state index >= 15 is 0 Å². The van der Waals surface area contributed by atoms with Gasteiger partial charge in [0.2, 0.25) is 0 Å². The second kappa shape index (κ2) is 4.68. The van der Waals surface area contributed by atoms with Crippen LogP contribution in [-0.2, 0) is 0 Å². The lowest BCUT2D eigenvalue weighted by molar-refractivity contribution is 0.300. The van der Waals surface area contributed by atoms with Gasteiger partial charge in [-0.05, 0) is 25.0 Å². The van der Waals surface area contributed by atoms with Crippen molar-refractivity contribution in [2.75, 3.05) is 6.61 Å². The van der Waals surface area contributed by atoms with Crippen LogP contribution in [0.25, 0.3) is 0 Å². The van der Waals surface area contributed by atoms with E-state index < -0.39 is 0 Å². The summed E-state index contributed by atoms with van der Waals surface area (Å²) in [5.41, 5.74) is 2.59. The summed E-state index contributed by atoms with van der Waals surface area (Å²) in [5, 5.41) is 9.23. The van der Waals surface area contributed by atoms with E-state index in [2.05, 4.69) is 32.0 Å². The highest BCUT2D eigenvalue weighted by molar-refractivity contribution is 8.00. The largest absolute Gasteiger partial charge is 0.395 e. The standard InChI is InChI=1S/C11H16OS/c1-8-5-4-6-9(2)11(8)13-10(3)7-12/h4-6,10,12H,7H2,1-3H3. The molecule has 0 aliphatic rings. The maximum atomic E-state index is 8.96. The van der Waals surface area contributed by atoms with E-state index in [1.54, 1.807) is 11.8 Å². The minimum atomic E-state index is 0.235. The van der Waals surface area contributed by atoms with Crippen molar-refractivity contribution in [2.24, 2.45) is 0 Å². The average Bonchev–Trinajstić information content (AvgIpc) is 2.11. The quantitative estimate of drug-likeness (QED) is 0.750. The van der Waals surface area contributed by atoms with Crippen LogP contribution < -0.4 is 0 Å². The fraction of sp³-hybridized carbons (Fsp3) is 0.455. The van der Waals surface area contributed by atoms with Crippen LogP contribution in [0.5, 0.6) is 0 Å². The zero-order valence-corrected chi connectivity index (χ0v) is 9.19. The zero-order chi connectivity index (χ0) is 9.84. The number of thioether (sulfide) groups is 1. The first-order chi connectivity index (χ1) is 6.15. The lowest BCUT2D eigenvalue weighted by Gasteiger charge is -2.12. The van der Waals surface area contributed by atoms with E-state index in [1.165, 1.54) is 16.0 Å². The van der Waals surface area contributed by atoms with E-state index in [4.69, 9.17) is 5.11 Å². The van der Waals surface area contributed by atoms with Gasteiger partial charge in [-0.2, -0.15) is 0 Å². The molecule has 0 spiro atoms. The van der Waals surface area contributed by atoms with Gasteiger partial charge in [0.15, 0.2) is 0 Å². The molecule has 1 aromatic carbocycles. The SMILES string of the molecule is Cc1cccc(C)c1SC(C)CO. The number of hydrogen-bond acceptors (Lipinski definition) is 2. The predicted molar refractivity (Wildman–Crippen MR) is 58.3 cm³/mol. The molecule has 13 heavy (non-hydrogen) atoms. The number of aliphatic hydroxyl groups excluding tert-OH is 1. The van der Waals surface area contributed by atoms with Crippen molar-refractivity contribution in [3.05, 3.63) is 29.3 Å². The molecular formula is C11H16OS. The third-order valence-electron chi connectivity index (χ3n) is 1.98. The highest BCUT2D eigenvalue weighted by atomic mass is 32.2. The number of aryl methyl sites for hydroxylation is 2. The molecule has 0 aliphatic heterocycles. The monoisotopic (exact) mass is 196 g/mol. The van der Waals surface area contributed by atoms with Gasteiger partial charge in [0, 0.05) is 10.1 Å². The van der Waals surface area contributed by atoms with E-state index in [9.17, 15) is 0 Å². The first-order valence-corrected chi connectivity index (χ1v) is 5.37. The van der Waals surface area contributed by atoms with Crippen molar-refractivity contribution >= 4 is 11.8 Å².